The summed E-state index contributed by atoms with van der Waals surface area (Å²) >= 11 is 0. The number of hydrogen-bond donors (Lipinski definition) is 1. The Morgan fingerprint density at radius 3 is 2.80 bits per heavy atom. The summed E-state index contributed by atoms with van der Waals surface area (Å²) in [6, 6.07) is 4.22. The van der Waals surface area contributed by atoms with E-state index in [2.05, 4.69) is 0 Å². The van der Waals surface area contributed by atoms with Crippen molar-refractivity contribution >= 4 is 27.0 Å². The second kappa shape index (κ2) is 6.64. The van der Waals surface area contributed by atoms with E-state index in [4.69, 9.17) is 9.56 Å². The number of benzene rings is 1. The Morgan fingerprint density at radius 1 is 1.36 bits per heavy atom. The van der Waals surface area contributed by atoms with E-state index in [0.717, 1.165) is 25.8 Å². The molecule has 2 N–H and O–H groups in total. The molecule has 1 saturated heterocycles. The Hall–Kier alpha value is -2.13. The lowest BCUT2D eigenvalue weighted by Gasteiger charge is -2.33. The number of nitrogens with two attached hydrogens (primary N) is 1. The largest absolute Gasteiger partial charge is 0.419 e. The third-order valence-corrected chi connectivity index (χ3v) is 5.55. The van der Waals surface area contributed by atoms with Gasteiger partial charge in [0.2, 0.25) is 15.9 Å². The highest BCUT2D eigenvalue weighted by Gasteiger charge is 2.23. The van der Waals surface area contributed by atoms with Gasteiger partial charge < -0.3 is 9.32 Å². The molecule has 0 aliphatic carbocycles. The Labute approximate surface area is 145 Å². The summed E-state index contributed by atoms with van der Waals surface area (Å²) in [4.78, 5) is 26.2. The van der Waals surface area contributed by atoms with E-state index in [-0.39, 0.29) is 35.4 Å². The van der Waals surface area contributed by atoms with Gasteiger partial charge in [-0.2, -0.15) is 0 Å². The molecule has 1 aliphatic heterocycles. The standard InChI is InChI=1S/C16H21N3O5S/c1-11-4-2-3-8-18(11)15(20)7-9-19-13-6-5-12(25(17,22)23)10-14(13)24-16(19)21/h5-6,10-11H,2-4,7-9H2,1H3,(H2,17,22,23)/t11-/m1/s1. The third-order valence-electron chi connectivity index (χ3n) is 4.64. The maximum absolute atomic E-state index is 12.4. The molecule has 8 nitrogen and oxygen atoms in total. The molecule has 3 rings (SSSR count). The first-order valence-electron chi connectivity index (χ1n) is 8.23. The number of aryl methyl sites for hydroxylation is 1. The van der Waals surface area contributed by atoms with Gasteiger partial charge in [0.25, 0.3) is 0 Å². The van der Waals surface area contributed by atoms with Crippen LogP contribution in [0.1, 0.15) is 32.6 Å². The lowest BCUT2D eigenvalue weighted by molar-refractivity contribution is -0.134. The van der Waals surface area contributed by atoms with E-state index < -0.39 is 15.8 Å². The molecule has 9 heteroatoms. The molecule has 1 aromatic carbocycles. The van der Waals surface area contributed by atoms with Gasteiger partial charge in [-0.1, -0.05) is 0 Å². The number of rotatable bonds is 4. The van der Waals surface area contributed by atoms with Gasteiger partial charge in [0.15, 0.2) is 5.58 Å². The van der Waals surface area contributed by atoms with E-state index in [1.54, 1.807) is 0 Å². The summed E-state index contributed by atoms with van der Waals surface area (Å²) in [5.74, 6) is -0.615. The molecule has 0 unspecified atom stereocenters. The number of sulfonamides is 1. The first kappa shape index (κ1) is 17.7. The maximum atomic E-state index is 12.4. The number of fused-ring (bicyclic) bond motifs is 1. The predicted molar refractivity (Wildman–Crippen MR) is 91.5 cm³/mol. The fourth-order valence-corrected chi connectivity index (χ4v) is 3.78. The van der Waals surface area contributed by atoms with Crippen LogP contribution < -0.4 is 10.9 Å². The summed E-state index contributed by atoms with van der Waals surface area (Å²) in [6.45, 7) is 2.96. The summed E-state index contributed by atoms with van der Waals surface area (Å²) in [5, 5.41) is 5.08. The first-order chi connectivity index (χ1) is 11.8. The van der Waals surface area contributed by atoms with Crippen molar-refractivity contribution in [3.05, 3.63) is 28.7 Å². The Balaban J connectivity index is 1.81. The summed E-state index contributed by atoms with van der Waals surface area (Å²) in [6.07, 6.45) is 3.32. The minimum Gasteiger partial charge on any atom is -0.408 e. The van der Waals surface area contributed by atoms with E-state index in [0.29, 0.717) is 5.52 Å². The monoisotopic (exact) mass is 367 g/mol. The van der Waals surface area contributed by atoms with E-state index in [1.807, 2.05) is 11.8 Å². The van der Waals surface area contributed by atoms with Crippen molar-refractivity contribution in [1.82, 2.24) is 9.47 Å². The van der Waals surface area contributed by atoms with E-state index >= 15 is 0 Å². The Kier molecular flexibility index (Phi) is 4.70. The summed E-state index contributed by atoms with van der Waals surface area (Å²) < 4.78 is 29.2. The molecule has 2 heterocycles. The molecule has 1 fully saturated rings. The third kappa shape index (κ3) is 3.62. The molecule has 0 bridgehead atoms. The van der Waals surface area contributed by atoms with Crippen LogP contribution in [0.3, 0.4) is 0 Å². The molecule has 25 heavy (non-hydrogen) atoms. The lowest BCUT2D eigenvalue weighted by atomic mass is 10.0. The van der Waals surface area contributed by atoms with Crippen molar-refractivity contribution in [2.75, 3.05) is 6.54 Å². The van der Waals surface area contributed by atoms with Crippen LogP contribution in [0.4, 0.5) is 0 Å². The zero-order chi connectivity index (χ0) is 18.2. The van der Waals surface area contributed by atoms with E-state index in [1.165, 1.54) is 22.8 Å². The van der Waals surface area contributed by atoms with Crippen molar-refractivity contribution < 1.29 is 17.6 Å². The quantitative estimate of drug-likeness (QED) is 0.866. The number of primary sulfonamides is 1. The van der Waals surface area contributed by atoms with Crippen LogP contribution in [0.2, 0.25) is 0 Å². The minimum atomic E-state index is -3.88. The van der Waals surface area contributed by atoms with Crippen LogP contribution in [0, 0.1) is 0 Å². The van der Waals surface area contributed by atoms with Crippen LogP contribution in [0.15, 0.2) is 32.3 Å². The van der Waals surface area contributed by atoms with Crippen LogP contribution in [-0.2, 0) is 21.4 Å². The van der Waals surface area contributed by atoms with Crippen molar-refractivity contribution in [1.29, 1.82) is 0 Å². The number of oxazole rings is 1. The van der Waals surface area contributed by atoms with Gasteiger partial charge in [-0.05, 0) is 38.3 Å². The van der Waals surface area contributed by atoms with Gasteiger partial charge in [-0.3, -0.25) is 9.36 Å². The molecular weight excluding hydrogens is 346 g/mol. The highest BCUT2D eigenvalue weighted by molar-refractivity contribution is 7.89. The van der Waals surface area contributed by atoms with Crippen molar-refractivity contribution in [3.63, 3.8) is 0 Å². The van der Waals surface area contributed by atoms with Crippen molar-refractivity contribution in [3.8, 4) is 0 Å². The molecule has 1 aliphatic rings. The van der Waals surface area contributed by atoms with Gasteiger partial charge >= 0.3 is 5.76 Å². The molecule has 1 atom stereocenters. The lowest BCUT2D eigenvalue weighted by Crippen LogP contribution is -2.42. The van der Waals surface area contributed by atoms with Gasteiger partial charge in [-0.15, -0.1) is 0 Å². The molecule has 1 amide bonds. The maximum Gasteiger partial charge on any atom is 0.419 e. The number of amides is 1. The average molecular weight is 367 g/mol. The number of likely N-dealkylation sites (tertiary alicyclic amines) is 1. The molecule has 0 saturated carbocycles. The average Bonchev–Trinajstić information content (AvgIpc) is 2.86. The van der Waals surface area contributed by atoms with Crippen molar-refractivity contribution in [2.24, 2.45) is 5.14 Å². The highest BCUT2D eigenvalue weighted by Crippen LogP contribution is 2.20. The number of carbonyl (C=O) groups excluding carboxylic acids is 1. The topological polar surface area (TPSA) is 116 Å². The molecule has 2 aromatic rings. The van der Waals surface area contributed by atoms with Gasteiger partial charge in [0, 0.05) is 31.6 Å². The SMILES string of the molecule is C[C@@H]1CCCCN1C(=O)CCn1c(=O)oc2cc(S(N)(=O)=O)ccc21. The molecular formula is C16H21N3O5S. The first-order valence-corrected chi connectivity index (χ1v) is 9.77. The number of carbonyl (C=O) groups is 1. The van der Waals surface area contributed by atoms with Crippen LogP contribution in [-0.4, -0.2) is 36.4 Å². The number of piperidine rings is 1. The van der Waals surface area contributed by atoms with Crippen LogP contribution >= 0.6 is 0 Å². The van der Waals surface area contributed by atoms with Crippen LogP contribution in [0.25, 0.3) is 11.1 Å². The molecule has 0 radical (unpaired) electrons. The van der Waals surface area contributed by atoms with Gasteiger partial charge in [-0.25, -0.2) is 18.4 Å². The second-order valence-corrected chi connectivity index (χ2v) is 7.94. The molecule has 136 valence electrons. The molecule has 0 spiro atoms. The fourth-order valence-electron chi connectivity index (χ4n) is 3.26. The number of nitrogens with zero attached hydrogens (tertiary/aromatic N) is 2. The summed E-state index contributed by atoms with van der Waals surface area (Å²) in [7, 11) is -3.88. The van der Waals surface area contributed by atoms with Gasteiger partial charge in [0.05, 0.1) is 10.4 Å². The number of hydrogen-bond acceptors (Lipinski definition) is 5. The summed E-state index contributed by atoms with van der Waals surface area (Å²) in [5.41, 5.74) is 0.576. The minimum absolute atomic E-state index is 0.00889. The Morgan fingerprint density at radius 2 is 2.12 bits per heavy atom. The normalized spacial score (nSPS) is 18.6. The van der Waals surface area contributed by atoms with Gasteiger partial charge in [0.1, 0.15) is 0 Å². The second-order valence-electron chi connectivity index (χ2n) is 6.38. The zero-order valence-corrected chi connectivity index (χ0v) is 14.8. The molecule has 1 aromatic heterocycles. The Bertz CT molecular complexity index is 960. The zero-order valence-electron chi connectivity index (χ0n) is 14.0. The van der Waals surface area contributed by atoms with Crippen LogP contribution in [0.5, 0.6) is 0 Å². The predicted octanol–water partition coefficient (Wildman–Crippen LogP) is 1.03. The smallest absolute Gasteiger partial charge is 0.408 e. The number of aromatic nitrogens is 1. The highest BCUT2D eigenvalue weighted by atomic mass is 32.2. The van der Waals surface area contributed by atoms with Crippen molar-refractivity contribution in [2.45, 2.75) is 50.1 Å². The fraction of sp³-hybridized carbons (Fsp3) is 0.500. The van der Waals surface area contributed by atoms with E-state index in [9.17, 15) is 18.0 Å².